The third-order valence-corrected chi connectivity index (χ3v) is 11.4. The molecular formula is C25H18BrClN2O3S2. The van der Waals surface area contributed by atoms with E-state index >= 15 is 0 Å². The lowest BCUT2D eigenvalue weighted by Crippen LogP contribution is -2.42. The summed E-state index contributed by atoms with van der Waals surface area (Å²) < 4.78 is 0.992. The first-order valence-corrected chi connectivity index (χ1v) is 14.1. The van der Waals surface area contributed by atoms with Crippen LogP contribution >= 0.6 is 50.6 Å². The molecule has 5 nitrogen and oxygen atoms in total. The lowest BCUT2D eigenvalue weighted by atomic mass is 9.68. The van der Waals surface area contributed by atoms with E-state index in [0.717, 1.165) is 26.4 Å². The molecule has 0 unspecified atom stereocenters. The van der Waals surface area contributed by atoms with E-state index in [1.54, 1.807) is 36.0 Å². The number of carbonyl (C=O) groups is 2. The van der Waals surface area contributed by atoms with Crippen LogP contribution in [0.25, 0.3) is 0 Å². The Morgan fingerprint density at radius 1 is 1.00 bits per heavy atom. The number of thioether (sulfide) groups is 1. The van der Waals surface area contributed by atoms with Gasteiger partial charge in [0.15, 0.2) is 0 Å². The highest BCUT2D eigenvalue weighted by Crippen LogP contribution is 2.68. The standard InChI is InChI=1S/C25H18BrClN2O3S2/c26-11-3-1-2-10(8-11)16-17-14-9-15(20(17)33-22-21(16)34-25(32)28-22)19-18(14)23(30)29(24(19)31)13-6-4-12(27)5-7-13/h1-8,14-20H,9H2,(H,28,32)/t14-,15-,16+,17+,18+,19+,20-/m1/s1. The number of rotatable bonds is 2. The number of thiazole rings is 1. The Morgan fingerprint density at radius 3 is 2.47 bits per heavy atom. The highest BCUT2D eigenvalue weighted by Gasteiger charge is 2.69. The Labute approximate surface area is 217 Å². The van der Waals surface area contributed by atoms with E-state index in [2.05, 4.69) is 33.0 Å². The zero-order valence-electron chi connectivity index (χ0n) is 17.6. The van der Waals surface area contributed by atoms with E-state index in [-0.39, 0.29) is 57.4 Å². The van der Waals surface area contributed by atoms with Crippen molar-refractivity contribution in [3.63, 3.8) is 0 Å². The number of aromatic amines is 1. The van der Waals surface area contributed by atoms with Gasteiger partial charge in [-0.05, 0) is 66.1 Å². The first kappa shape index (κ1) is 21.4. The smallest absolute Gasteiger partial charge is 0.305 e. The number of carbonyl (C=O) groups excluding carboxylic acids is 2. The van der Waals surface area contributed by atoms with Crippen molar-refractivity contribution in [2.75, 3.05) is 4.90 Å². The van der Waals surface area contributed by atoms with Gasteiger partial charge in [0.25, 0.3) is 0 Å². The second kappa shape index (κ2) is 7.56. The fraction of sp³-hybridized carbons (Fsp3) is 0.320. The lowest BCUT2D eigenvalue weighted by molar-refractivity contribution is -0.123. The molecule has 7 atom stereocenters. The van der Waals surface area contributed by atoms with Crippen LogP contribution in [0, 0.1) is 29.6 Å². The molecule has 2 saturated carbocycles. The molecule has 1 aromatic heterocycles. The van der Waals surface area contributed by atoms with Crippen molar-refractivity contribution >= 4 is 68.1 Å². The Morgan fingerprint density at radius 2 is 1.74 bits per heavy atom. The molecule has 172 valence electrons. The van der Waals surface area contributed by atoms with Crippen LogP contribution in [0.2, 0.25) is 5.02 Å². The number of hydrogen-bond acceptors (Lipinski definition) is 5. The van der Waals surface area contributed by atoms with Gasteiger partial charge in [-0.1, -0.05) is 51.0 Å². The number of H-pyrrole nitrogens is 1. The van der Waals surface area contributed by atoms with Gasteiger partial charge in [0.2, 0.25) is 11.8 Å². The minimum atomic E-state index is -0.304. The van der Waals surface area contributed by atoms with Gasteiger partial charge in [-0.15, -0.1) is 11.8 Å². The summed E-state index contributed by atoms with van der Waals surface area (Å²) in [4.78, 5) is 45.1. The van der Waals surface area contributed by atoms with Crippen LogP contribution in [-0.2, 0) is 9.59 Å². The van der Waals surface area contributed by atoms with E-state index in [9.17, 15) is 14.4 Å². The van der Waals surface area contributed by atoms with Crippen LogP contribution in [0.4, 0.5) is 5.69 Å². The number of nitrogens with one attached hydrogen (secondary N) is 1. The van der Waals surface area contributed by atoms with E-state index in [0.29, 0.717) is 10.7 Å². The van der Waals surface area contributed by atoms with Gasteiger partial charge in [0.05, 0.1) is 22.5 Å². The van der Waals surface area contributed by atoms with Crippen LogP contribution in [0.1, 0.15) is 22.8 Å². The zero-order valence-corrected chi connectivity index (χ0v) is 21.6. The average molecular weight is 574 g/mol. The topological polar surface area (TPSA) is 70.2 Å². The number of aromatic nitrogens is 1. The molecule has 9 heteroatoms. The van der Waals surface area contributed by atoms with E-state index in [4.69, 9.17) is 11.6 Å². The Bertz CT molecular complexity index is 1420. The van der Waals surface area contributed by atoms with Crippen molar-refractivity contribution in [1.29, 1.82) is 0 Å². The third kappa shape index (κ3) is 2.89. The molecule has 2 aliphatic carbocycles. The van der Waals surface area contributed by atoms with E-state index in [1.165, 1.54) is 16.2 Å². The zero-order chi connectivity index (χ0) is 23.3. The maximum atomic E-state index is 13.7. The summed E-state index contributed by atoms with van der Waals surface area (Å²) in [5.74, 6) is -0.321. The Kier molecular flexibility index (Phi) is 4.76. The minimum Gasteiger partial charge on any atom is -0.307 e. The summed E-state index contributed by atoms with van der Waals surface area (Å²) in [6.07, 6.45) is 0.882. The summed E-state index contributed by atoms with van der Waals surface area (Å²) >= 11 is 12.6. The molecule has 2 aliphatic heterocycles. The number of hydrogen-bond donors (Lipinski definition) is 1. The number of fused-ring (bicyclic) bond motifs is 9. The molecule has 1 saturated heterocycles. The predicted molar refractivity (Wildman–Crippen MR) is 137 cm³/mol. The number of halogens is 2. The van der Waals surface area contributed by atoms with Crippen molar-refractivity contribution in [3.05, 3.63) is 78.1 Å². The highest BCUT2D eigenvalue weighted by molar-refractivity contribution is 9.10. The number of imide groups is 1. The SMILES string of the molecule is O=C1[C@H]2[C@H]3C[C@@H]([C@@H]2C(=O)N1c1ccc(Cl)cc1)[C@H]1[C@H](c2cccc(Br)c2)c2sc(=O)[nH]c2S[C@H]31. The molecule has 2 amide bonds. The molecule has 3 aromatic rings. The fourth-order valence-corrected chi connectivity index (χ4v) is 10.4. The summed E-state index contributed by atoms with van der Waals surface area (Å²) in [6.45, 7) is 0. The summed E-state index contributed by atoms with van der Waals surface area (Å²) in [6, 6.07) is 15.2. The maximum Gasteiger partial charge on any atom is 0.305 e. The number of nitrogens with zero attached hydrogens (tertiary/aromatic N) is 1. The van der Waals surface area contributed by atoms with Gasteiger partial charge in [-0.25, -0.2) is 0 Å². The van der Waals surface area contributed by atoms with Gasteiger partial charge in [-0.3, -0.25) is 19.3 Å². The third-order valence-electron chi connectivity index (χ3n) is 8.02. The van der Waals surface area contributed by atoms with E-state index < -0.39 is 0 Å². The highest BCUT2D eigenvalue weighted by atomic mass is 79.9. The Balaban J connectivity index is 1.33. The predicted octanol–water partition coefficient (Wildman–Crippen LogP) is 5.53. The number of amides is 2. The van der Waals surface area contributed by atoms with Gasteiger partial charge in [-0.2, -0.15) is 0 Å². The first-order valence-electron chi connectivity index (χ1n) is 11.2. The molecule has 34 heavy (non-hydrogen) atoms. The van der Waals surface area contributed by atoms with Crippen molar-refractivity contribution in [2.24, 2.45) is 29.6 Å². The van der Waals surface area contributed by atoms with Gasteiger partial charge in [0.1, 0.15) is 0 Å². The van der Waals surface area contributed by atoms with Gasteiger partial charge < -0.3 is 4.98 Å². The average Bonchev–Trinajstić information content (AvgIpc) is 3.53. The molecule has 3 heterocycles. The molecule has 0 spiro atoms. The Hall–Kier alpha value is -1.87. The maximum absolute atomic E-state index is 13.7. The molecule has 2 aromatic carbocycles. The monoisotopic (exact) mass is 572 g/mol. The molecule has 2 bridgehead atoms. The molecular weight excluding hydrogens is 556 g/mol. The first-order chi connectivity index (χ1) is 16.4. The quantitative estimate of drug-likeness (QED) is 0.409. The normalized spacial score (nSPS) is 33.2. The van der Waals surface area contributed by atoms with Crippen LogP contribution in [0.5, 0.6) is 0 Å². The lowest BCUT2D eigenvalue weighted by Gasteiger charge is -2.43. The summed E-state index contributed by atoms with van der Waals surface area (Å²) in [5.41, 5.74) is 1.74. The summed E-state index contributed by atoms with van der Waals surface area (Å²) in [7, 11) is 0. The van der Waals surface area contributed by atoms with Crippen LogP contribution in [0.3, 0.4) is 0 Å². The molecule has 7 rings (SSSR count). The molecule has 3 fully saturated rings. The van der Waals surface area contributed by atoms with Crippen molar-refractivity contribution in [2.45, 2.75) is 22.6 Å². The number of benzene rings is 2. The minimum absolute atomic E-state index is 0.0335. The second-order valence-corrected chi connectivity index (χ2v) is 13.1. The van der Waals surface area contributed by atoms with Crippen LogP contribution < -0.4 is 9.77 Å². The second-order valence-electron chi connectivity index (χ2n) is 9.50. The molecule has 0 radical (unpaired) electrons. The van der Waals surface area contributed by atoms with Crippen molar-refractivity contribution < 1.29 is 9.59 Å². The van der Waals surface area contributed by atoms with Crippen molar-refractivity contribution in [3.8, 4) is 0 Å². The van der Waals surface area contributed by atoms with Gasteiger partial charge >= 0.3 is 4.87 Å². The van der Waals surface area contributed by atoms with Gasteiger partial charge in [0, 0.05) is 25.5 Å². The number of anilines is 1. The molecule has 1 N–H and O–H groups in total. The largest absolute Gasteiger partial charge is 0.307 e. The van der Waals surface area contributed by atoms with Crippen LogP contribution in [0.15, 0.2) is 62.8 Å². The molecule has 4 aliphatic rings. The summed E-state index contributed by atoms with van der Waals surface area (Å²) in [5, 5.41) is 1.69. The van der Waals surface area contributed by atoms with Crippen molar-refractivity contribution in [1.82, 2.24) is 4.98 Å². The fourth-order valence-electron chi connectivity index (χ4n) is 6.93. The van der Waals surface area contributed by atoms with Crippen LogP contribution in [-0.4, -0.2) is 22.0 Å². The van der Waals surface area contributed by atoms with E-state index in [1.807, 2.05) is 12.1 Å².